The molecule has 1 fully saturated rings. The highest BCUT2D eigenvalue weighted by molar-refractivity contribution is 5.39. The number of aryl methyl sites for hydroxylation is 3. The number of likely N-dealkylation sites (N-methyl/N-ethyl adjacent to an activating group) is 1. The third-order valence-corrected chi connectivity index (χ3v) is 4.55. The van der Waals surface area contributed by atoms with Gasteiger partial charge in [0, 0.05) is 6.61 Å². The average Bonchev–Trinajstić information content (AvgIpc) is 2.88. The first-order valence-corrected chi connectivity index (χ1v) is 7.94. The van der Waals surface area contributed by atoms with Gasteiger partial charge in [-0.1, -0.05) is 30.5 Å². The van der Waals surface area contributed by atoms with E-state index in [9.17, 15) is 0 Å². The van der Waals surface area contributed by atoms with Crippen LogP contribution in [-0.4, -0.2) is 20.3 Å². The molecule has 0 spiro atoms. The fraction of sp³-hybridized carbons (Fsp3) is 0.667. The Morgan fingerprint density at radius 3 is 2.30 bits per heavy atom. The summed E-state index contributed by atoms with van der Waals surface area (Å²) in [4.78, 5) is 0. The van der Waals surface area contributed by atoms with Crippen molar-refractivity contribution < 1.29 is 4.74 Å². The van der Waals surface area contributed by atoms with Gasteiger partial charge in [-0.25, -0.2) is 0 Å². The molecular weight excluding hydrogens is 246 g/mol. The zero-order valence-electron chi connectivity index (χ0n) is 13.5. The normalized spacial score (nSPS) is 17.6. The van der Waals surface area contributed by atoms with Crippen LogP contribution in [0.5, 0.6) is 0 Å². The predicted molar refractivity (Wildman–Crippen MR) is 85.2 cm³/mol. The van der Waals surface area contributed by atoms with Gasteiger partial charge >= 0.3 is 0 Å². The highest BCUT2D eigenvalue weighted by Gasteiger charge is 2.18. The lowest BCUT2D eigenvalue weighted by molar-refractivity contribution is 0.0842. The van der Waals surface area contributed by atoms with Gasteiger partial charge < -0.3 is 10.1 Å². The van der Waals surface area contributed by atoms with Crippen LogP contribution in [0.2, 0.25) is 0 Å². The zero-order chi connectivity index (χ0) is 14.5. The molecule has 2 heteroatoms. The van der Waals surface area contributed by atoms with Crippen molar-refractivity contribution in [3.05, 3.63) is 34.4 Å². The van der Waals surface area contributed by atoms with E-state index in [0.717, 1.165) is 19.1 Å². The topological polar surface area (TPSA) is 21.3 Å². The van der Waals surface area contributed by atoms with Crippen molar-refractivity contribution in [2.24, 2.45) is 5.92 Å². The van der Waals surface area contributed by atoms with Crippen LogP contribution in [0.15, 0.2) is 12.1 Å². The highest BCUT2D eigenvalue weighted by atomic mass is 16.5. The first kappa shape index (κ1) is 15.5. The summed E-state index contributed by atoms with van der Waals surface area (Å²) < 4.78 is 6.00. The second-order valence-electron chi connectivity index (χ2n) is 6.34. The van der Waals surface area contributed by atoms with Gasteiger partial charge in [0.15, 0.2) is 0 Å². The van der Waals surface area contributed by atoms with Crippen LogP contribution in [0.4, 0.5) is 0 Å². The maximum absolute atomic E-state index is 6.00. The third kappa shape index (κ3) is 3.83. The minimum absolute atomic E-state index is 0.303. The Balaban J connectivity index is 1.97. The summed E-state index contributed by atoms with van der Waals surface area (Å²) in [6.45, 7) is 8.28. The van der Waals surface area contributed by atoms with Crippen LogP contribution in [-0.2, 0) is 4.74 Å². The van der Waals surface area contributed by atoms with Gasteiger partial charge in [0.25, 0.3) is 0 Å². The van der Waals surface area contributed by atoms with Crippen molar-refractivity contribution in [1.82, 2.24) is 5.32 Å². The molecule has 20 heavy (non-hydrogen) atoms. The van der Waals surface area contributed by atoms with E-state index in [4.69, 9.17) is 4.74 Å². The minimum Gasteiger partial charge on any atom is -0.379 e. The van der Waals surface area contributed by atoms with Crippen molar-refractivity contribution in [1.29, 1.82) is 0 Å². The molecule has 1 N–H and O–H groups in total. The number of rotatable bonds is 6. The summed E-state index contributed by atoms with van der Waals surface area (Å²) >= 11 is 0. The van der Waals surface area contributed by atoms with E-state index < -0.39 is 0 Å². The Hall–Kier alpha value is -0.860. The number of nitrogens with one attached hydrogen (secondary N) is 1. The molecule has 0 aliphatic heterocycles. The first-order chi connectivity index (χ1) is 9.61. The molecule has 1 aliphatic carbocycles. The third-order valence-electron chi connectivity index (χ3n) is 4.55. The maximum atomic E-state index is 6.00. The van der Waals surface area contributed by atoms with Crippen molar-refractivity contribution in [2.75, 3.05) is 20.3 Å². The number of ether oxygens (including phenoxy) is 1. The van der Waals surface area contributed by atoms with E-state index in [1.165, 1.54) is 47.9 Å². The summed E-state index contributed by atoms with van der Waals surface area (Å²) in [6, 6.07) is 4.84. The monoisotopic (exact) mass is 275 g/mol. The molecule has 0 amide bonds. The van der Waals surface area contributed by atoms with E-state index >= 15 is 0 Å². The molecule has 0 radical (unpaired) electrons. The van der Waals surface area contributed by atoms with E-state index in [1.54, 1.807) is 0 Å². The molecular formula is C18H29NO. The van der Waals surface area contributed by atoms with E-state index in [1.807, 2.05) is 7.05 Å². The molecule has 1 aliphatic rings. The van der Waals surface area contributed by atoms with Gasteiger partial charge in [-0.2, -0.15) is 0 Å². The van der Waals surface area contributed by atoms with E-state index in [0.29, 0.717) is 6.04 Å². The van der Waals surface area contributed by atoms with E-state index in [2.05, 4.69) is 38.2 Å². The largest absolute Gasteiger partial charge is 0.379 e. The zero-order valence-corrected chi connectivity index (χ0v) is 13.5. The summed E-state index contributed by atoms with van der Waals surface area (Å²) in [5, 5.41) is 3.42. The highest BCUT2D eigenvalue weighted by Crippen LogP contribution is 2.26. The van der Waals surface area contributed by atoms with Crippen LogP contribution in [0.3, 0.4) is 0 Å². The molecule has 2 rings (SSSR count). The molecule has 1 unspecified atom stereocenters. The molecule has 0 aromatic heterocycles. The molecule has 1 atom stereocenters. The van der Waals surface area contributed by atoms with Crippen molar-refractivity contribution in [2.45, 2.75) is 52.5 Å². The van der Waals surface area contributed by atoms with Crippen molar-refractivity contribution in [3.8, 4) is 0 Å². The Morgan fingerprint density at radius 1 is 1.15 bits per heavy atom. The van der Waals surface area contributed by atoms with Gasteiger partial charge in [0.2, 0.25) is 0 Å². The van der Waals surface area contributed by atoms with Crippen LogP contribution in [0.25, 0.3) is 0 Å². The lowest BCUT2D eigenvalue weighted by Gasteiger charge is -2.22. The predicted octanol–water partition coefficient (Wildman–Crippen LogP) is 4.08. The molecule has 1 aromatic carbocycles. The van der Waals surface area contributed by atoms with Crippen molar-refractivity contribution in [3.63, 3.8) is 0 Å². The molecule has 1 saturated carbocycles. The SMILES string of the molecule is CNC(COCC1CCCC1)c1c(C)cc(C)cc1C. The summed E-state index contributed by atoms with van der Waals surface area (Å²) in [5.74, 6) is 0.799. The van der Waals surface area contributed by atoms with Gasteiger partial charge in [0.05, 0.1) is 12.6 Å². The van der Waals surface area contributed by atoms with Gasteiger partial charge in [0.1, 0.15) is 0 Å². The Labute approximate surface area is 123 Å². The average molecular weight is 275 g/mol. The quantitative estimate of drug-likeness (QED) is 0.844. The van der Waals surface area contributed by atoms with Gasteiger partial charge in [-0.3, -0.25) is 0 Å². The molecule has 112 valence electrons. The van der Waals surface area contributed by atoms with Crippen LogP contribution in [0, 0.1) is 26.7 Å². The Kier molecular flexibility index (Phi) is 5.62. The first-order valence-electron chi connectivity index (χ1n) is 7.94. The maximum Gasteiger partial charge on any atom is 0.0661 e. The lowest BCUT2D eigenvalue weighted by Crippen LogP contribution is -2.24. The molecule has 0 saturated heterocycles. The molecule has 0 bridgehead atoms. The van der Waals surface area contributed by atoms with Crippen LogP contribution >= 0.6 is 0 Å². The fourth-order valence-corrected chi connectivity index (χ4v) is 3.58. The number of benzene rings is 1. The van der Waals surface area contributed by atoms with Crippen LogP contribution < -0.4 is 5.32 Å². The smallest absolute Gasteiger partial charge is 0.0661 e. The standard InChI is InChI=1S/C18H29NO/c1-13-9-14(2)18(15(3)10-13)17(19-4)12-20-11-16-7-5-6-8-16/h9-10,16-17,19H,5-8,11-12H2,1-4H3. The summed E-state index contributed by atoms with van der Waals surface area (Å²) in [7, 11) is 2.03. The van der Waals surface area contributed by atoms with Gasteiger partial charge in [-0.05, 0) is 63.3 Å². The van der Waals surface area contributed by atoms with Crippen molar-refractivity contribution >= 4 is 0 Å². The van der Waals surface area contributed by atoms with Gasteiger partial charge in [-0.15, -0.1) is 0 Å². The molecule has 1 aromatic rings. The second kappa shape index (κ2) is 7.24. The van der Waals surface area contributed by atoms with Crippen LogP contribution in [0.1, 0.15) is 54.0 Å². The Bertz CT molecular complexity index is 412. The Morgan fingerprint density at radius 2 is 1.75 bits per heavy atom. The number of hydrogen-bond donors (Lipinski definition) is 1. The van der Waals surface area contributed by atoms with E-state index in [-0.39, 0.29) is 0 Å². The summed E-state index contributed by atoms with van der Waals surface area (Å²) in [6.07, 6.45) is 5.49. The molecule has 0 heterocycles. The summed E-state index contributed by atoms with van der Waals surface area (Å²) in [5.41, 5.74) is 5.48. The minimum atomic E-state index is 0.303. The molecule has 2 nitrogen and oxygen atoms in total. The lowest BCUT2D eigenvalue weighted by atomic mass is 9.94. The number of hydrogen-bond acceptors (Lipinski definition) is 2. The fourth-order valence-electron chi connectivity index (χ4n) is 3.58. The second-order valence-corrected chi connectivity index (χ2v) is 6.34.